The minimum atomic E-state index is 0.230. The fourth-order valence-electron chi connectivity index (χ4n) is 1.21. The van der Waals surface area contributed by atoms with Gasteiger partial charge in [0, 0.05) is 31.1 Å². The van der Waals surface area contributed by atoms with Crippen LogP contribution in [-0.2, 0) is 7.05 Å². The number of anilines is 2. The molecule has 0 aromatic carbocycles. The van der Waals surface area contributed by atoms with Crippen molar-refractivity contribution in [3.05, 3.63) is 29.3 Å². The monoisotopic (exact) mass is 223 g/mol. The number of nitrogens with zero attached hydrogens (tertiary/aromatic N) is 4. The lowest BCUT2D eigenvalue weighted by Crippen LogP contribution is -1.98. The lowest BCUT2D eigenvalue weighted by atomic mass is 10.4. The fraction of sp³-hybridized carbons (Fsp3) is 0.222. The van der Waals surface area contributed by atoms with Crippen LogP contribution in [0.4, 0.5) is 11.6 Å². The van der Waals surface area contributed by atoms with Crippen LogP contribution in [0.5, 0.6) is 0 Å². The van der Waals surface area contributed by atoms with Gasteiger partial charge in [-0.25, -0.2) is 9.97 Å². The molecule has 2 aromatic rings. The Morgan fingerprint density at radius 1 is 1.33 bits per heavy atom. The molecule has 0 fully saturated rings. The van der Waals surface area contributed by atoms with E-state index in [1.165, 1.54) is 0 Å². The van der Waals surface area contributed by atoms with Gasteiger partial charge in [-0.15, -0.1) is 0 Å². The third-order valence-corrected chi connectivity index (χ3v) is 1.97. The number of hydrogen-bond acceptors (Lipinski definition) is 4. The van der Waals surface area contributed by atoms with Crippen LogP contribution in [0.3, 0.4) is 0 Å². The Labute approximate surface area is 92.1 Å². The van der Waals surface area contributed by atoms with Gasteiger partial charge >= 0.3 is 0 Å². The van der Waals surface area contributed by atoms with Gasteiger partial charge in [0.15, 0.2) is 5.82 Å². The maximum atomic E-state index is 5.73. The maximum Gasteiger partial charge on any atom is 0.224 e. The molecule has 0 aliphatic rings. The fourth-order valence-corrected chi connectivity index (χ4v) is 1.43. The van der Waals surface area contributed by atoms with E-state index >= 15 is 0 Å². The van der Waals surface area contributed by atoms with Crippen molar-refractivity contribution in [2.75, 3.05) is 5.32 Å². The summed E-state index contributed by atoms with van der Waals surface area (Å²) in [6.07, 6.45) is 1.85. The molecule has 6 heteroatoms. The predicted molar refractivity (Wildman–Crippen MR) is 58.3 cm³/mol. The van der Waals surface area contributed by atoms with Crippen molar-refractivity contribution in [2.45, 2.75) is 6.92 Å². The number of aryl methyl sites for hydroxylation is 2. The lowest BCUT2D eigenvalue weighted by molar-refractivity contribution is 0.771. The zero-order valence-corrected chi connectivity index (χ0v) is 9.15. The Bertz CT molecular complexity index is 459. The van der Waals surface area contributed by atoms with E-state index in [9.17, 15) is 0 Å². The van der Waals surface area contributed by atoms with Crippen LogP contribution in [0, 0.1) is 6.92 Å². The van der Waals surface area contributed by atoms with Gasteiger partial charge in [-0.1, -0.05) is 0 Å². The molecular formula is C9H10ClN5. The van der Waals surface area contributed by atoms with Gasteiger partial charge in [0.1, 0.15) is 5.82 Å². The first-order valence-electron chi connectivity index (χ1n) is 4.41. The molecule has 0 bridgehead atoms. The molecule has 0 radical (unpaired) electrons. The molecule has 0 spiro atoms. The average molecular weight is 224 g/mol. The van der Waals surface area contributed by atoms with Crippen molar-refractivity contribution in [1.82, 2.24) is 19.7 Å². The zero-order chi connectivity index (χ0) is 10.8. The van der Waals surface area contributed by atoms with Gasteiger partial charge < -0.3 is 5.32 Å². The molecule has 0 unspecified atom stereocenters. The number of rotatable bonds is 2. The highest BCUT2D eigenvalue weighted by molar-refractivity contribution is 6.28. The second-order valence-corrected chi connectivity index (χ2v) is 3.50. The van der Waals surface area contributed by atoms with E-state index in [0.717, 1.165) is 11.5 Å². The summed E-state index contributed by atoms with van der Waals surface area (Å²) in [5.41, 5.74) is 0.813. The molecule has 2 rings (SSSR count). The molecule has 0 saturated heterocycles. The van der Waals surface area contributed by atoms with Crippen molar-refractivity contribution in [2.24, 2.45) is 7.05 Å². The number of halogens is 1. The van der Waals surface area contributed by atoms with Crippen molar-refractivity contribution in [3.8, 4) is 0 Å². The normalized spacial score (nSPS) is 10.3. The standard InChI is InChI=1S/C9H10ClN5/c1-6-5-8(13-9(10)11-6)12-7-3-4-15(2)14-7/h3-5H,1-2H3,(H,11,12,13,14). The lowest BCUT2D eigenvalue weighted by Gasteiger charge is -2.02. The Balaban J connectivity index is 2.24. The summed E-state index contributed by atoms with van der Waals surface area (Å²) in [6.45, 7) is 1.86. The highest BCUT2D eigenvalue weighted by Crippen LogP contribution is 2.14. The van der Waals surface area contributed by atoms with Crippen LogP contribution in [0.15, 0.2) is 18.3 Å². The van der Waals surface area contributed by atoms with E-state index in [1.54, 1.807) is 10.7 Å². The molecule has 0 saturated carbocycles. The van der Waals surface area contributed by atoms with Crippen molar-refractivity contribution in [1.29, 1.82) is 0 Å². The molecule has 2 aromatic heterocycles. The Kier molecular flexibility index (Phi) is 2.55. The molecule has 2 heterocycles. The highest BCUT2D eigenvalue weighted by atomic mass is 35.5. The zero-order valence-electron chi connectivity index (χ0n) is 8.40. The summed E-state index contributed by atoms with van der Waals surface area (Å²) >= 11 is 5.73. The van der Waals surface area contributed by atoms with Crippen molar-refractivity contribution < 1.29 is 0 Å². The Morgan fingerprint density at radius 3 is 2.73 bits per heavy atom. The van der Waals surface area contributed by atoms with Gasteiger partial charge in [-0.2, -0.15) is 5.10 Å². The van der Waals surface area contributed by atoms with Crippen LogP contribution in [-0.4, -0.2) is 19.7 Å². The van der Waals surface area contributed by atoms with Crippen molar-refractivity contribution in [3.63, 3.8) is 0 Å². The molecule has 5 nitrogen and oxygen atoms in total. The molecule has 0 atom stereocenters. The Morgan fingerprint density at radius 2 is 2.13 bits per heavy atom. The molecule has 15 heavy (non-hydrogen) atoms. The van der Waals surface area contributed by atoms with Gasteiger partial charge in [0.25, 0.3) is 0 Å². The predicted octanol–water partition coefficient (Wildman–Crippen LogP) is 1.92. The summed E-state index contributed by atoms with van der Waals surface area (Å²) in [6, 6.07) is 3.66. The summed E-state index contributed by atoms with van der Waals surface area (Å²) in [4.78, 5) is 8.00. The minimum Gasteiger partial charge on any atom is -0.323 e. The van der Waals surface area contributed by atoms with Crippen LogP contribution in [0.1, 0.15) is 5.69 Å². The first kappa shape index (κ1) is 9.92. The number of hydrogen-bond donors (Lipinski definition) is 1. The first-order chi connectivity index (χ1) is 7.13. The number of aromatic nitrogens is 4. The topological polar surface area (TPSA) is 55.6 Å². The third-order valence-electron chi connectivity index (χ3n) is 1.80. The first-order valence-corrected chi connectivity index (χ1v) is 4.79. The van der Waals surface area contributed by atoms with Crippen LogP contribution in [0.2, 0.25) is 5.28 Å². The van der Waals surface area contributed by atoms with Crippen LogP contribution >= 0.6 is 11.6 Å². The van der Waals surface area contributed by atoms with Crippen molar-refractivity contribution >= 4 is 23.2 Å². The van der Waals surface area contributed by atoms with E-state index in [-0.39, 0.29) is 5.28 Å². The largest absolute Gasteiger partial charge is 0.323 e. The van der Waals surface area contributed by atoms with Crippen LogP contribution < -0.4 is 5.32 Å². The van der Waals surface area contributed by atoms with E-state index in [4.69, 9.17) is 11.6 Å². The minimum absolute atomic E-state index is 0.230. The Hall–Kier alpha value is -1.62. The van der Waals surface area contributed by atoms with Gasteiger partial charge in [-0.05, 0) is 18.5 Å². The van der Waals surface area contributed by atoms with E-state index in [2.05, 4.69) is 20.4 Å². The molecule has 0 amide bonds. The maximum absolute atomic E-state index is 5.73. The molecule has 0 aliphatic carbocycles. The summed E-state index contributed by atoms with van der Waals surface area (Å²) < 4.78 is 1.71. The van der Waals surface area contributed by atoms with Crippen LogP contribution in [0.25, 0.3) is 0 Å². The quantitative estimate of drug-likeness (QED) is 0.791. The molecule has 1 N–H and O–H groups in total. The summed E-state index contributed by atoms with van der Waals surface area (Å²) in [5.74, 6) is 1.37. The van der Waals surface area contributed by atoms with Gasteiger partial charge in [0.2, 0.25) is 5.28 Å². The molecule has 78 valence electrons. The average Bonchev–Trinajstić information content (AvgIpc) is 2.49. The molecular weight excluding hydrogens is 214 g/mol. The van der Waals surface area contributed by atoms with E-state index in [0.29, 0.717) is 5.82 Å². The smallest absolute Gasteiger partial charge is 0.224 e. The SMILES string of the molecule is Cc1cc(Nc2ccn(C)n2)nc(Cl)n1. The molecule has 0 aliphatic heterocycles. The summed E-state index contributed by atoms with van der Waals surface area (Å²) in [7, 11) is 1.85. The second kappa shape index (κ2) is 3.86. The van der Waals surface area contributed by atoms with Gasteiger partial charge in [0.05, 0.1) is 0 Å². The van der Waals surface area contributed by atoms with E-state index < -0.39 is 0 Å². The summed E-state index contributed by atoms with van der Waals surface area (Å²) in [5, 5.41) is 7.44. The highest BCUT2D eigenvalue weighted by Gasteiger charge is 2.01. The van der Waals surface area contributed by atoms with E-state index in [1.807, 2.05) is 26.2 Å². The second-order valence-electron chi connectivity index (χ2n) is 3.16. The third kappa shape index (κ3) is 2.44. The number of nitrogens with one attached hydrogen (secondary N) is 1. The van der Waals surface area contributed by atoms with Gasteiger partial charge in [-0.3, -0.25) is 4.68 Å².